The largest absolute Gasteiger partial charge is 0.494 e. The Balaban J connectivity index is 3.80. The summed E-state index contributed by atoms with van der Waals surface area (Å²) in [6, 6.07) is 1.09. The second kappa shape index (κ2) is 3.10. The van der Waals surface area contributed by atoms with Crippen molar-refractivity contribution in [2.45, 2.75) is 11.8 Å². The first kappa shape index (κ1) is 10.7. The smallest absolute Gasteiger partial charge is 0.300 e. The van der Waals surface area contributed by atoms with Gasteiger partial charge in [-0.15, -0.1) is 0 Å². The lowest BCUT2D eigenvalue weighted by atomic mass is 10.3. The molecule has 1 rings (SSSR count). The van der Waals surface area contributed by atoms with Crippen LogP contribution in [0.15, 0.2) is 15.8 Å². The van der Waals surface area contributed by atoms with Crippen LogP contribution in [-0.2, 0) is 17.2 Å². The summed E-state index contributed by atoms with van der Waals surface area (Å²) in [6.45, 7) is 1.31. The minimum absolute atomic E-state index is 0.00750. The Bertz CT molecular complexity index is 528. The molecule has 0 aliphatic heterocycles. The number of hydrogen-bond acceptors (Lipinski definition) is 4. The lowest BCUT2D eigenvalue weighted by Gasteiger charge is -2.06. The number of hydrogen-bond donors (Lipinski definition) is 2. The van der Waals surface area contributed by atoms with Gasteiger partial charge in [0.05, 0.1) is 0 Å². The lowest BCUT2D eigenvalue weighted by Crippen LogP contribution is -2.24. The predicted molar refractivity (Wildman–Crippen MR) is 47.9 cm³/mol. The van der Waals surface area contributed by atoms with Crippen molar-refractivity contribution in [3.05, 3.63) is 22.0 Å². The maximum absolute atomic E-state index is 11.3. The zero-order chi connectivity index (χ0) is 11.1. The summed E-state index contributed by atoms with van der Waals surface area (Å²) in [6.07, 6.45) is 0. The van der Waals surface area contributed by atoms with Crippen molar-refractivity contribution in [3.63, 3.8) is 0 Å². The first-order chi connectivity index (χ1) is 6.25. The van der Waals surface area contributed by atoms with Crippen LogP contribution in [0, 0.1) is 6.92 Å². The molecule has 78 valence electrons. The second-order valence-corrected chi connectivity index (χ2v) is 4.21. The SMILES string of the molecule is Cc1cc(O)n(C)c(=O)c1S(=O)(=O)O. The fourth-order valence-electron chi connectivity index (χ4n) is 1.09. The van der Waals surface area contributed by atoms with Crippen LogP contribution in [0.4, 0.5) is 0 Å². The molecule has 1 heterocycles. The Morgan fingerprint density at radius 3 is 2.36 bits per heavy atom. The predicted octanol–water partition coefficient (Wildman–Crippen LogP) is -0.354. The van der Waals surface area contributed by atoms with E-state index < -0.39 is 20.6 Å². The van der Waals surface area contributed by atoms with Gasteiger partial charge in [-0.2, -0.15) is 8.42 Å². The van der Waals surface area contributed by atoms with Gasteiger partial charge in [0.2, 0.25) is 0 Å². The third-order valence-corrected chi connectivity index (χ3v) is 2.82. The highest BCUT2D eigenvalue weighted by molar-refractivity contribution is 7.85. The van der Waals surface area contributed by atoms with Crippen molar-refractivity contribution < 1.29 is 18.1 Å². The van der Waals surface area contributed by atoms with E-state index in [0.717, 1.165) is 10.6 Å². The van der Waals surface area contributed by atoms with E-state index in [-0.39, 0.29) is 11.4 Å². The second-order valence-electron chi connectivity index (χ2n) is 2.85. The zero-order valence-electron chi connectivity index (χ0n) is 7.55. The minimum atomic E-state index is -4.55. The van der Waals surface area contributed by atoms with E-state index >= 15 is 0 Å². The summed E-state index contributed by atoms with van der Waals surface area (Å²) in [5.41, 5.74) is -0.946. The molecule has 0 radical (unpaired) electrons. The number of rotatable bonds is 1. The topological polar surface area (TPSA) is 96.6 Å². The molecule has 0 fully saturated rings. The van der Waals surface area contributed by atoms with Gasteiger partial charge < -0.3 is 5.11 Å². The molecule has 6 nitrogen and oxygen atoms in total. The Labute approximate surface area is 80.2 Å². The highest BCUT2D eigenvalue weighted by atomic mass is 32.2. The Morgan fingerprint density at radius 1 is 1.43 bits per heavy atom. The summed E-state index contributed by atoms with van der Waals surface area (Å²) in [5, 5.41) is 9.16. The van der Waals surface area contributed by atoms with Crippen LogP contribution in [0.5, 0.6) is 5.88 Å². The van der Waals surface area contributed by atoms with E-state index in [1.54, 1.807) is 0 Å². The summed E-state index contributed by atoms with van der Waals surface area (Å²) >= 11 is 0. The van der Waals surface area contributed by atoms with Crippen molar-refractivity contribution in [1.29, 1.82) is 0 Å². The third-order valence-electron chi connectivity index (χ3n) is 1.80. The average Bonchev–Trinajstić information content (AvgIpc) is 1.97. The van der Waals surface area contributed by atoms with Gasteiger partial charge >= 0.3 is 0 Å². The first-order valence-electron chi connectivity index (χ1n) is 3.62. The van der Waals surface area contributed by atoms with E-state index in [9.17, 15) is 13.2 Å². The van der Waals surface area contributed by atoms with Gasteiger partial charge in [0.15, 0.2) is 10.8 Å². The van der Waals surface area contributed by atoms with E-state index in [2.05, 4.69) is 0 Å². The van der Waals surface area contributed by atoms with E-state index in [0.29, 0.717) is 0 Å². The van der Waals surface area contributed by atoms with Crippen molar-refractivity contribution in [3.8, 4) is 5.88 Å². The highest BCUT2D eigenvalue weighted by Gasteiger charge is 2.20. The maximum Gasteiger partial charge on any atom is 0.300 e. The molecule has 0 atom stereocenters. The van der Waals surface area contributed by atoms with E-state index in [1.165, 1.54) is 14.0 Å². The number of nitrogens with zero attached hydrogens (tertiary/aromatic N) is 1. The molecular weight excluding hydrogens is 210 g/mol. The Morgan fingerprint density at radius 2 is 1.93 bits per heavy atom. The molecule has 0 aliphatic rings. The molecular formula is C7H9NO5S. The molecule has 0 saturated heterocycles. The zero-order valence-corrected chi connectivity index (χ0v) is 8.37. The fourth-order valence-corrected chi connectivity index (χ4v) is 1.92. The van der Waals surface area contributed by atoms with Crippen LogP contribution in [-0.4, -0.2) is 22.6 Å². The molecule has 0 aromatic carbocycles. The summed E-state index contributed by atoms with van der Waals surface area (Å²) < 4.78 is 31.1. The van der Waals surface area contributed by atoms with Crippen molar-refractivity contribution in [1.82, 2.24) is 4.57 Å². The molecule has 14 heavy (non-hydrogen) atoms. The molecule has 7 heteroatoms. The van der Waals surface area contributed by atoms with Crippen LogP contribution in [0.1, 0.15) is 5.56 Å². The van der Waals surface area contributed by atoms with Crippen molar-refractivity contribution in [2.24, 2.45) is 7.05 Å². The Kier molecular flexibility index (Phi) is 2.38. The standard InChI is InChI=1S/C7H9NO5S/c1-4-3-5(9)8(2)7(10)6(4)14(11,12)13/h3,9H,1-2H3,(H,11,12,13). The summed E-state index contributed by atoms with van der Waals surface area (Å²) in [4.78, 5) is 10.6. The molecule has 0 saturated carbocycles. The molecule has 0 unspecified atom stereocenters. The monoisotopic (exact) mass is 219 g/mol. The Hall–Kier alpha value is -1.34. The maximum atomic E-state index is 11.3. The highest BCUT2D eigenvalue weighted by Crippen LogP contribution is 2.14. The quantitative estimate of drug-likeness (QED) is 0.629. The van der Waals surface area contributed by atoms with Gasteiger partial charge in [0.1, 0.15) is 0 Å². The van der Waals surface area contributed by atoms with Crippen LogP contribution < -0.4 is 5.56 Å². The van der Waals surface area contributed by atoms with Gasteiger partial charge in [-0.05, 0) is 12.5 Å². The normalized spacial score (nSPS) is 11.6. The number of pyridine rings is 1. The molecule has 2 N–H and O–H groups in total. The molecule has 0 amide bonds. The summed E-state index contributed by atoms with van der Waals surface area (Å²) in [5.74, 6) is -0.361. The van der Waals surface area contributed by atoms with Crippen molar-refractivity contribution >= 4 is 10.1 Å². The molecule has 1 aromatic heterocycles. The number of aromatic hydroxyl groups is 1. The molecule has 1 aromatic rings. The number of aromatic nitrogens is 1. The van der Waals surface area contributed by atoms with Gasteiger partial charge in [-0.3, -0.25) is 13.9 Å². The van der Waals surface area contributed by atoms with Crippen LogP contribution in [0.2, 0.25) is 0 Å². The molecule has 0 aliphatic carbocycles. The van der Waals surface area contributed by atoms with E-state index in [1.807, 2.05) is 0 Å². The molecule has 0 spiro atoms. The van der Waals surface area contributed by atoms with Crippen LogP contribution in [0.25, 0.3) is 0 Å². The summed E-state index contributed by atoms with van der Waals surface area (Å²) in [7, 11) is -3.35. The van der Waals surface area contributed by atoms with Crippen LogP contribution >= 0.6 is 0 Å². The first-order valence-corrected chi connectivity index (χ1v) is 5.06. The fraction of sp³-hybridized carbons (Fsp3) is 0.286. The molecule has 0 bridgehead atoms. The minimum Gasteiger partial charge on any atom is -0.494 e. The average molecular weight is 219 g/mol. The van der Waals surface area contributed by atoms with E-state index in [4.69, 9.17) is 9.66 Å². The number of aryl methyl sites for hydroxylation is 1. The van der Waals surface area contributed by atoms with Crippen LogP contribution in [0.3, 0.4) is 0 Å². The van der Waals surface area contributed by atoms with Gasteiger partial charge in [-0.25, -0.2) is 0 Å². The van der Waals surface area contributed by atoms with Gasteiger partial charge in [0, 0.05) is 13.1 Å². The lowest BCUT2D eigenvalue weighted by molar-refractivity contribution is 0.418. The van der Waals surface area contributed by atoms with Crippen molar-refractivity contribution in [2.75, 3.05) is 0 Å². The van der Waals surface area contributed by atoms with Gasteiger partial charge in [0.25, 0.3) is 15.7 Å². The third kappa shape index (κ3) is 1.64. The van der Waals surface area contributed by atoms with Gasteiger partial charge in [-0.1, -0.05) is 0 Å².